The van der Waals surface area contributed by atoms with Crippen LogP contribution in [0, 0.1) is 11.3 Å². The lowest BCUT2D eigenvalue weighted by Crippen LogP contribution is -2.39. The van der Waals surface area contributed by atoms with E-state index in [0.29, 0.717) is 5.41 Å². The summed E-state index contributed by atoms with van der Waals surface area (Å²) in [6.45, 7) is 11.8. The molecule has 0 bridgehead atoms. The summed E-state index contributed by atoms with van der Waals surface area (Å²) in [6.07, 6.45) is 2.76. The standard InChI is InChI=1S/C12H26N2/c1-12(2,3)10-14(4)9-11-6-5-7-13-8-11/h11,13H,5-10H2,1-4H3/t11-/m1/s1. The van der Waals surface area contributed by atoms with Crippen molar-refractivity contribution in [1.82, 2.24) is 10.2 Å². The van der Waals surface area contributed by atoms with Gasteiger partial charge in [0.2, 0.25) is 0 Å². The molecule has 1 saturated heterocycles. The van der Waals surface area contributed by atoms with E-state index in [0.717, 1.165) is 5.92 Å². The minimum atomic E-state index is 0.427. The smallest absolute Gasteiger partial charge is 0.00271 e. The van der Waals surface area contributed by atoms with Crippen LogP contribution in [0.15, 0.2) is 0 Å². The topological polar surface area (TPSA) is 15.3 Å². The Balaban J connectivity index is 2.21. The molecule has 2 nitrogen and oxygen atoms in total. The highest BCUT2D eigenvalue weighted by Crippen LogP contribution is 2.17. The zero-order chi connectivity index (χ0) is 10.6. The molecule has 0 aromatic rings. The van der Waals surface area contributed by atoms with Crippen LogP contribution < -0.4 is 5.32 Å². The third-order valence-corrected chi connectivity index (χ3v) is 2.71. The van der Waals surface area contributed by atoms with E-state index in [1.165, 1.54) is 39.0 Å². The lowest BCUT2D eigenvalue weighted by atomic mass is 9.94. The van der Waals surface area contributed by atoms with Crippen LogP contribution in [0.1, 0.15) is 33.6 Å². The molecular weight excluding hydrogens is 172 g/mol. The molecule has 1 aliphatic heterocycles. The maximum absolute atomic E-state index is 3.48. The summed E-state index contributed by atoms with van der Waals surface area (Å²) in [5.74, 6) is 0.871. The minimum absolute atomic E-state index is 0.427. The van der Waals surface area contributed by atoms with Gasteiger partial charge >= 0.3 is 0 Å². The predicted octanol–water partition coefficient (Wildman–Crippen LogP) is 1.96. The van der Waals surface area contributed by atoms with Crippen LogP contribution in [-0.2, 0) is 0 Å². The molecule has 0 spiro atoms. The van der Waals surface area contributed by atoms with E-state index in [1.807, 2.05) is 0 Å². The summed E-state index contributed by atoms with van der Waals surface area (Å²) in [5.41, 5.74) is 0.427. The van der Waals surface area contributed by atoms with Gasteiger partial charge in [0.25, 0.3) is 0 Å². The number of nitrogens with one attached hydrogen (secondary N) is 1. The Hall–Kier alpha value is -0.0800. The molecule has 0 aromatic carbocycles. The second kappa shape index (κ2) is 5.13. The highest BCUT2D eigenvalue weighted by Gasteiger charge is 2.18. The fraction of sp³-hybridized carbons (Fsp3) is 1.00. The van der Waals surface area contributed by atoms with Gasteiger partial charge in [0.1, 0.15) is 0 Å². The lowest BCUT2D eigenvalue weighted by Gasteiger charge is -2.31. The predicted molar refractivity (Wildman–Crippen MR) is 62.5 cm³/mol. The molecule has 1 N–H and O–H groups in total. The Labute approximate surface area is 89.1 Å². The minimum Gasteiger partial charge on any atom is -0.316 e. The van der Waals surface area contributed by atoms with Crippen LogP contribution in [0.5, 0.6) is 0 Å². The SMILES string of the molecule is CN(C[C@@H]1CCCNC1)CC(C)(C)C. The van der Waals surface area contributed by atoms with E-state index in [-0.39, 0.29) is 0 Å². The summed E-state index contributed by atoms with van der Waals surface area (Å²) in [6, 6.07) is 0. The molecule has 0 radical (unpaired) electrons. The Kier molecular flexibility index (Phi) is 4.39. The van der Waals surface area contributed by atoms with Gasteiger partial charge in [0.15, 0.2) is 0 Å². The van der Waals surface area contributed by atoms with Crippen LogP contribution in [-0.4, -0.2) is 38.1 Å². The van der Waals surface area contributed by atoms with Crippen molar-refractivity contribution < 1.29 is 0 Å². The highest BCUT2D eigenvalue weighted by molar-refractivity contribution is 4.74. The second-order valence-corrected chi connectivity index (χ2v) is 5.97. The normalized spacial score (nSPS) is 24.2. The zero-order valence-corrected chi connectivity index (χ0v) is 10.3. The molecular formula is C12H26N2. The van der Waals surface area contributed by atoms with Crippen LogP contribution in [0.4, 0.5) is 0 Å². The fourth-order valence-electron chi connectivity index (χ4n) is 2.39. The molecule has 1 heterocycles. The van der Waals surface area contributed by atoms with Crippen molar-refractivity contribution in [2.75, 3.05) is 33.2 Å². The summed E-state index contributed by atoms with van der Waals surface area (Å²) in [4.78, 5) is 2.48. The van der Waals surface area contributed by atoms with Crippen LogP contribution >= 0.6 is 0 Å². The number of piperidine rings is 1. The number of hydrogen-bond donors (Lipinski definition) is 1. The first kappa shape index (κ1) is 12.0. The molecule has 84 valence electrons. The molecule has 2 heteroatoms. The molecule has 1 aliphatic rings. The number of hydrogen-bond acceptors (Lipinski definition) is 2. The van der Waals surface area contributed by atoms with Crippen molar-refractivity contribution in [1.29, 1.82) is 0 Å². The molecule has 1 atom stereocenters. The zero-order valence-electron chi connectivity index (χ0n) is 10.3. The van der Waals surface area contributed by atoms with Crippen LogP contribution in [0.2, 0.25) is 0 Å². The number of rotatable bonds is 3. The largest absolute Gasteiger partial charge is 0.316 e. The van der Waals surface area contributed by atoms with E-state index < -0.39 is 0 Å². The van der Waals surface area contributed by atoms with Gasteiger partial charge in [-0.15, -0.1) is 0 Å². The maximum atomic E-state index is 3.48. The van der Waals surface area contributed by atoms with Crippen molar-refractivity contribution in [3.63, 3.8) is 0 Å². The van der Waals surface area contributed by atoms with Crippen molar-refractivity contribution in [3.05, 3.63) is 0 Å². The Morgan fingerprint density at radius 1 is 1.36 bits per heavy atom. The Morgan fingerprint density at radius 2 is 2.07 bits per heavy atom. The molecule has 0 saturated carbocycles. The van der Waals surface area contributed by atoms with E-state index >= 15 is 0 Å². The summed E-state index contributed by atoms with van der Waals surface area (Å²) >= 11 is 0. The van der Waals surface area contributed by atoms with Gasteiger partial charge in [-0.25, -0.2) is 0 Å². The summed E-state index contributed by atoms with van der Waals surface area (Å²) in [5, 5.41) is 3.48. The molecule has 0 aliphatic carbocycles. The van der Waals surface area contributed by atoms with Gasteiger partial charge in [-0.2, -0.15) is 0 Å². The maximum Gasteiger partial charge on any atom is 0.00271 e. The average molecular weight is 198 g/mol. The van der Waals surface area contributed by atoms with Crippen molar-refractivity contribution in [2.24, 2.45) is 11.3 Å². The molecule has 14 heavy (non-hydrogen) atoms. The molecule has 0 unspecified atom stereocenters. The van der Waals surface area contributed by atoms with Crippen molar-refractivity contribution in [3.8, 4) is 0 Å². The summed E-state index contributed by atoms with van der Waals surface area (Å²) in [7, 11) is 2.25. The van der Waals surface area contributed by atoms with Gasteiger partial charge in [0.05, 0.1) is 0 Å². The van der Waals surface area contributed by atoms with Gasteiger partial charge in [-0.3, -0.25) is 0 Å². The molecule has 1 rings (SSSR count). The van der Waals surface area contributed by atoms with Gasteiger partial charge in [0, 0.05) is 13.1 Å². The average Bonchev–Trinajstić information content (AvgIpc) is 2.02. The quantitative estimate of drug-likeness (QED) is 0.746. The van der Waals surface area contributed by atoms with Gasteiger partial charge in [-0.1, -0.05) is 20.8 Å². The van der Waals surface area contributed by atoms with Gasteiger partial charge < -0.3 is 10.2 Å². The lowest BCUT2D eigenvalue weighted by molar-refractivity contribution is 0.185. The highest BCUT2D eigenvalue weighted by atomic mass is 15.1. The fourth-order valence-corrected chi connectivity index (χ4v) is 2.39. The third kappa shape index (κ3) is 4.97. The van der Waals surface area contributed by atoms with Crippen molar-refractivity contribution in [2.45, 2.75) is 33.6 Å². The molecule has 1 fully saturated rings. The summed E-state index contributed by atoms with van der Waals surface area (Å²) < 4.78 is 0. The Morgan fingerprint density at radius 3 is 2.57 bits per heavy atom. The van der Waals surface area contributed by atoms with Crippen LogP contribution in [0.3, 0.4) is 0 Å². The van der Waals surface area contributed by atoms with Crippen molar-refractivity contribution >= 4 is 0 Å². The first-order chi connectivity index (χ1) is 6.47. The van der Waals surface area contributed by atoms with E-state index in [1.54, 1.807) is 0 Å². The first-order valence-electron chi connectivity index (χ1n) is 5.87. The van der Waals surface area contributed by atoms with Gasteiger partial charge in [-0.05, 0) is 44.3 Å². The third-order valence-electron chi connectivity index (χ3n) is 2.71. The molecule has 0 aromatic heterocycles. The molecule has 0 amide bonds. The van der Waals surface area contributed by atoms with E-state index in [2.05, 4.69) is 38.0 Å². The van der Waals surface area contributed by atoms with E-state index in [4.69, 9.17) is 0 Å². The van der Waals surface area contributed by atoms with Crippen LogP contribution in [0.25, 0.3) is 0 Å². The first-order valence-corrected chi connectivity index (χ1v) is 5.87. The Bertz CT molecular complexity index is 154. The number of nitrogens with zero attached hydrogens (tertiary/aromatic N) is 1. The second-order valence-electron chi connectivity index (χ2n) is 5.97. The van der Waals surface area contributed by atoms with E-state index in [9.17, 15) is 0 Å². The monoisotopic (exact) mass is 198 g/mol.